The van der Waals surface area contributed by atoms with E-state index in [1.807, 2.05) is 36.5 Å². The van der Waals surface area contributed by atoms with Gasteiger partial charge in [0.2, 0.25) is 0 Å². The molecule has 0 aliphatic carbocycles. The summed E-state index contributed by atoms with van der Waals surface area (Å²) in [5.41, 5.74) is 10.7. The summed E-state index contributed by atoms with van der Waals surface area (Å²) >= 11 is 10.5. The van der Waals surface area contributed by atoms with Gasteiger partial charge in [-0.1, -0.05) is 41.9 Å². The molecule has 5 rings (SSSR count). The number of aliphatic hydroxyl groups excluding tert-OH is 2. The minimum Gasteiger partial charge on any atom is -0.488 e. The van der Waals surface area contributed by atoms with Gasteiger partial charge in [-0.25, -0.2) is 0 Å². The van der Waals surface area contributed by atoms with E-state index in [4.69, 9.17) is 37.2 Å². The van der Waals surface area contributed by atoms with Gasteiger partial charge in [0, 0.05) is 71.2 Å². The zero-order valence-corrected chi connectivity index (χ0v) is 31.5. The van der Waals surface area contributed by atoms with Gasteiger partial charge in [0.15, 0.2) is 0 Å². The number of carbonyl (C=O) groups is 1. The first kappa shape index (κ1) is 39.7. The van der Waals surface area contributed by atoms with Crippen LogP contribution >= 0.6 is 27.5 Å². The average Bonchev–Trinajstić information content (AvgIpc) is 3.77. The third-order valence-corrected chi connectivity index (χ3v) is 10.2. The highest BCUT2D eigenvalue weighted by molar-refractivity contribution is 9.10. The monoisotopic (exact) mass is 807 g/mol. The van der Waals surface area contributed by atoms with Gasteiger partial charge >= 0.3 is 5.97 Å². The molecule has 0 unspecified atom stereocenters. The van der Waals surface area contributed by atoms with Crippen LogP contribution in [0.15, 0.2) is 76.0 Å². The first-order valence-corrected chi connectivity index (χ1v) is 18.4. The lowest BCUT2D eigenvalue weighted by molar-refractivity contribution is -0.140. The fourth-order valence-electron chi connectivity index (χ4n) is 6.10. The van der Waals surface area contributed by atoms with Crippen LogP contribution in [-0.4, -0.2) is 93.7 Å². The van der Waals surface area contributed by atoms with Gasteiger partial charge in [-0.2, -0.15) is 10.4 Å². The Bertz CT molecular complexity index is 1980. The number of likely N-dealkylation sites (tertiary alicyclic amines) is 1. The third-order valence-electron chi connectivity index (χ3n) is 8.94. The second kappa shape index (κ2) is 19.5. The number of ether oxygens (including phenoxy) is 2. The van der Waals surface area contributed by atoms with E-state index in [0.717, 1.165) is 77.5 Å². The van der Waals surface area contributed by atoms with E-state index < -0.39 is 18.6 Å². The second-order valence-electron chi connectivity index (χ2n) is 12.6. The number of nitrogens with zero attached hydrogens (tertiary/aromatic N) is 5. The van der Waals surface area contributed by atoms with Crippen LogP contribution in [0.1, 0.15) is 30.4 Å². The van der Waals surface area contributed by atoms with Gasteiger partial charge in [-0.15, -0.1) is 0 Å². The van der Waals surface area contributed by atoms with E-state index in [0.29, 0.717) is 22.6 Å². The van der Waals surface area contributed by atoms with Crippen LogP contribution in [0.5, 0.6) is 11.5 Å². The number of nitrogens with two attached hydrogens (primary N) is 1. The first-order valence-electron chi connectivity index (χ1n) is 17.3. The number of halogens is 2. The standard InChI is InChI=1S/C38H43BrClN7O6/c39-37-26(5-3-7-30(37)29-6-4-8-34-31(29)20-45-47(34)13-2-1-12-46-14-9-28(49)21-46)24-53-36-16-35(52-23-25(17-42)18-43-11-10-41)27(15-32(36)40)19-44-33(22-48)38(50)51/h3-8,15-18,20,28,33,44,48-49H,1-2,9,11-14,19,21-24,42H2,(H,50,51)/t28-,33+/m1/s1. The van der Waals surface area contributed by atoms with Gasteiger partial charge in [0.1, 0.15) is 37.3 Å². The van der Waals surface area contributed by atoms with Gasteiger partial charge < -0.3 is 35.4 Å². The number of aromatic nitrogens is 2. The molecule has 1 aromatic heterocycles. The predicted octanol–water partition coefficient (Wildman–Crippen LogP) is 4.90. The molecular formula is C38H43BrClN7O6. The molecule has 53 heavy (non-hydrogen) atoms. The zero-order chi connectivity index (χ0) is 37.7. The SMILES string of the molecule is N#CCN=CC(=CN)COc1cc(OCc2cccc(-c3cccc4c3cnn4CCCCN3CC[C@@H](O)C3)c2Br)c(Cl)cc1CN[C@@H](CO)C(=O)O. The molecule has 1 aliphatic rings. The number of fused-ring (bicyclic) bond motifs is 1. The number of carboxylic acids is 1. The Labute approximate surface area is 321 Å². The molecule has 15 heteroatoms. The summed E-state index contributed by atoms with van der Waals surface area (Å²) in [5.74, 6) is -0.522. The highest BCUT2D eigenvalue weighted by Gasteiger charge is 2.21. The Morgan fingerprint density at radius 1 is 1.17 bits per heavy atom. The highest BCUT2D eigenvalue weighted by Crippen LogP contribution is 2.38. The molecule has 1 aliphatic heterocycles. The van der Waals surface area contributed by atoms with Gasteiger partial charge in [-0.3, -0.25) is 19.8 Å². The summed E-state index contributed by atoms with van der Waals surface area (Å²) in [7, 11) is 0. The Kier molecular flexibility index (Phi) is 14.6. The number of aliphatic imine (C=N–C) groups is 1. The van der Waals surface area contributed by atoms with E-state index in [1.54, 1.807) is 12.1 Å². The van der Waals surface area contributed by atoms with Crippen molar-refractivity contribution in [3.63, 3.8) is 0 Å². The Morgan fingerprint density at radius 2 is 1.96 bits per heavy atom. The molecule has 0 spiro atoms. The molecule has 6 N–H and O–H groups in total. The number of rotatable bonds is 19. The van der Waals surface area contributed by atoms with E-state index >= 15 is 0 Å². The number of benzene rings is 3. The van der Waals surface area contributed by atoms with Crippen LogP contribution in [0.3, 0.4) is 0 Å². The smallest absolute Gasteiger partial charge is 0.323 e. The highest BCUT2D eigenvalue weighted by atomic mass is 79.9. The van der Waals surface area contributed by atoms with Crippen LogP contribution in [0, 0.1) is 11.3 Å². The van der Waals surface area contributed by atoms with Crippen LogP contribution in [-0.2, 0) is 24.5 Å². The van der Waals surface area contributed by atoms with Crippen molar-refractivity contribution in [2.45, 2.75) is 51.1 Å². The Balaban J connectivity index is 1.32. The Hall–Kier alpha value is -4.49. The van der Waals surface area contributed by atoms with Crippen molar-refractivity contribution in [3.05, 3.63) is 87.1 Å². The second-order valence-corrected chi connectivity index (χ2v) is 13.8. The lowest BCUT2D eigenvalue weighted by Gasteiger charge is -2.18. The van der Waals surface area contributed by atoms with Crippen LogP contribution in [0.4, 0.5) is 0 Å². The molecule has 13 nitrogen and oxygen atoms in total. The topological polar surface area (TPSA) is 191 Å². The maximum Gasteiger partial charge on any atom is 0.323 e. The molecule has 1 fully saturated rings. The number of β-amino-alcohol motifs (C(OH)–C–C–N with tert-alkyl or cyclic N) is 1. The molecule has 2 atom stereocenters. The summed E-state index contributed by atoms with van der Waals surface area (Å²) in [5, 5.41) is 46.3. The summed E-state index contributed by atoms with van der Waals surface area (Å²) in [6.45, 7) is 3.05. The third kappa shape index (κ3) is 10.6. The van der Waals surface area contributed by atoms with Crippen molar-refractivity contribution in [1.82, 2.24) is 20.0 Å². The van der Waals surface area contributed by atoms with Crippen molar-refractivity contribution in [2.24, 2.45) is 10.7 Å². The Morgan fingerprint density at radius 3 is 2.70 bits per heavy atom. The zero-order valence-electron chi connectivity index (χ0n) is 29.1. The van der Waals surface area contributed by atoms with Crippen molar-refractivity contribution in [1.29, 1.82) is 5.26 Å². The lowest BCUT2D eigenvalue weighted by atomic mass is 10.00. The number of hydrogen-bond donors (Lipinski definition) is 5. The minimum atomic E-state index is -1.20. The molecular weight excluding hydrogens is 766 g/mol. The van der Waals surface area contributed by atoms with Crippen LogP contribution in [0.2, 0.25) is 5.02 Å². The molecule has 280 valence electrons. The van der Waals surface area contributed by atoms with E-state index in [2.05, 4.69) is 48.0 Å². The van der Waals surface area contributed by atoms with Crippen LogP contribution in [0.25, 0.3) is 22.0 Å². The average molecular weight is 809 g/mol. The van der Waals surface area contributed by atoms with Gasteiger partial charge in [-0.05, 0) is 65.0 Å². The first-order chi connectivity index (χ1) is 25.7. The molecule has 1 saturated heterocycles. The van der Waals surface area contributed by atoms with Crippen molar-refractivity contribution >= 4 is 50.6 Å². The summed E-state index contributed by atoms with van der Waals surface area (Å²) in [4.78, 5) is 17.8. The maximum absolute atomic E-state index is 11.5. The number of aryl methyl sites for hydroxylation is 1. The predicted molar refractivity (Wildman–Crippen MR) is 207 cm³/mol. The van der Waals surface area contributed by atoms with Crippen molar-refractivity contribution < 1.29 is 29.6 Å². The maximum atomic E-state index is 11.5. The number of hydrogen-bond acceptors (Lipinski definition) is 11. The molecule has 0 saturated carbocycles. The number of aliphatic hydroxyl groups is 2. The summed E-state index contributed by atoms with van der Waals surface area (Å²) < 4.78 is 15.2. The quantitative estimate of drug-likeness (QED) is 0.0492. The largest absolute Gasteiger partial charge is 0.488 e. The van der Waals surface area contributed by atoms with Crippen LogP contribution < -0.4 is 20.5 Å². The fourth-order valence-corrected chi connectivity index (χ4v) is 6.93. The molecule has 0 radical (unpaired) electrons. The number of aliphatic carboxylic acids is 1. The molecule has 3 aromatic carbocycles. The van der Waals surface area contributed by atoms with Crippen molar-refractivity contribution in [2.75, 3.05) is 39.4 Å². The number of nitrogens with one attached hydrogen (secondary N) is 1. The summed E-state index contributed by atoms with van der Waals surface area (Å²) in [6.07, 6.45) is 7.36. The lowest BCUT2D eigenvalue weighted by Crippen LogP contribution is -2.39. The number of carboxylic acid groups (broad SMARTS) is 1. The van der Waals surface area contributed by atoms with E-state index in [9.17, 15) is 20.1 Å². The number of unbranched alkanes of at least 4 members (excludes halogenated alkanes) is 1. The molecule has 0 bridgehead atoms. The summed E-state index contributed by atoms with van der Waals surface area (Å²) in [6, 6.07) is 16.1. The molecule has 2 heterocycles. The normalized spacial score (nSPS) is 15.6. The van der Waals surface area contributed by atoms with Gasteiger partial charge in [0.25, 0.3) is 0 Å². The minimum absolute atomic E-state index is 0.00119. The van der Waals surface area contributed by atoms with Crippen molar-refractivity contribution in [3.8, 4) is 28.7 Å². The van der Waals surface area contributed by atoms with Gasteiger partial charge in [0.05, 0.1) is 35.5 Å². The molecule has 4 aromatic rings. The van der Waals surface area contributed by atoms with E-state index in [1.165, 1.54) is 12.4 Å². The van der Waals surface area contributed by atoms with E-state index in [-0.39, 0.29) is 37.4 Å². The fraction of sp³-hybridized carbons (Fsp3) is 0.368. The number of nitriles is 1. The molecule has 0 amide bonds.